The third kappa shape index (κ3) is 4.21. The molecule has 0 unspecified atom stereocenters. The second-order valence-electron chi connectivity index (χ2n) is 3.65. The number of amides is 1. The Hall–Kier alpha value is -1.06. The van der Waals surface area contributed by atoms with Crippen LogP contribution >= 0.6 is 11.6 Å². The first-order valence-electron chi connectivity index (χ1n) is 5.33. The zero-order valence-corrected chi connectivity index (χ0v) is 10.3. The molecule has 0 aliphatic heterocycles. The molecule has 0 fully saturated rings. The third-order valence-corrected chi connectivity index (χ3v) is 2.70. The van der Waals surface area contributed by atoms with Crippen molar-refractivity contribution in [1.29, 1.82) is 0 Å². The summed E-state index contributed by atoms with van der Waals surface area (Å²) in [6.45, 7) is 2.73. The van der Waals surface area contributed by atoms with Crippen LogP contribution in [0.2, 0.25) is 5.02 Å². The molecule has 0 spiro atoms. The van der Waals surface area contributed by atoms with E-state index in [-0.39, 0.29) is 11.9 Å². The molecule has 3 nitrogen and oxygen atoms in total. The van der Waals surface area contributed by atoms with E-state index < -0.39 is 0 Å². The topological polar surface area (TPSA) is 41.1 Å². The zero-order valence-electron chi connectivity index (χ0n) is 9.59. The number of halogens is 1. The van der Waals surface area contributed by atoms with Crippen LogP contribution in [0.5, 0.6) is 0 Å². The highest BCUT2D eigenvalue weighted by Gasteiger charge is 2.05. The Kier molecular flexibility index (Phi) is 5.29. The smallest absolute Gasteiger partial charge is 0.221 e. The van der Waals surface area contributed by atoms with Crippen molar-refractivity contribution < 1.29 is 4.79 Å². The van der Waals surface area contributed by atoms with Gasteiger partial charge in [-0.3, -0.25) is 4.79 Å². The maximum atomic E-state index is 11.0. The highest BCUT2D eigenvalue weighted by molar-refractivity contribution is 6.30. The fourth-order valence-electron chi connectivity index (χ4n) is 1.40. The number of hydrogen-bond acceptors (Lipinski definition) is 2. The average Bonchev–Trinajstić information content (AvgIpc) is 2.29. The van der Waals surface area contributed by atoms with Crippen LogP contribution in [0.25, 0.3) is 0 Å². The fourth-order valence-corrected chi connectivity index (χ4v) is 1.52. The van der Waals surface area contributed by atoms with Crippen molar-refractivity contribution in [1.82, 2.24) is 10.6 Å². The molecule has 0 aliphatic rings. The van der Waals surface area contributed by atoms with E-state index in [1.807, 2.05) is 24.3 Å². The largest absolute Gasteiger partial charge is 0.359 e. The van der Waals surface area contributed by atoms with Crippen LogP contribution in [-0.2, 0) is 4.79 Å². The molecule has 4 heteroatoms. The van der Waals surface area contributed by atoms with E-state index in [1.54, 1.807) is 7.05 Å². The van der Waals surface area contributed by atoms with E-state index in [2.05, 4.69) is 17.6 Å². The lowest BCUT2D eigenvalue weighted by molar-refractivity contribution is -0.120. The Morgan fingerprint density at radius 2 is 2.00 bits per heavy atom. The molecule has 88 valence electrons. The van der Waals surface area contributed by atoms with E-state index in [0.29, 0.717) is 13.0 Å². The van der Waals surface area contributed by atoms with Gasteiger partial charge in [0.2, 0.25) is 5.91 Å². The third-order valence-electron chi connectivity index (χ3n) is 2.45. The molecule has 2 N–H and O–H groups in total. The summed E-state index contributed by atoms with van der Waals surface area (Å²) in [6, 6.07) is 7.93. The molecule has 16 heavy (non-hydrogen) atoms. The number of carbonyl (C=O) groups excluding carboxylic acids is 1. The molecule has 0 saturated heterocycles. The lowest BCUT2D eigenvalue weighted by Gasteiger charge is -2.13. The summed E-state index contributed by atoms with van der Waals surface area (Å²) in [4.78, 5) is 11.0. The van der Waals surface area contributed by atoms with E-state index in [4.69, 9.17) is 11.6 Å². The van der Waals surface area contributed by atoms with Crippen LogP contribution in [0, 0.1) is 0 Å². The van der Waals surface area contributed by atoms with Gasteiger partial charge in [0.25, 0.3) is 0 Å². The van der Waals surface area contributed by atoms with Gasteiger partial charge in [-0.05, 0) is 24.6 Å². The molecule has 1 aromatic rings. The van der Waals surface area contributed by atoms with Gasteiger partial charge in [0.15, 0.2) is 0 Å². The van der Waals surface area contributed by atoms with Crippen molar-refractivity contribution in [3.63, 3.8) is 0 Å². The molecule has 1 atom stereocenters. The van der Waals surface area contributed by atoms with Crippen molar-refractivity contribution in [2.75, 3.05) is 13.6 Å². The maximum Gasteiger partial charge on any atom is 0.221 e. The van der Waals surface area contributed by atoms with Gasteiger partial charge in [0.05, 0.1) is 0 Å². The molecule has 1 amide bonds. The predicted molar refractivity (Wildman–Crippen MR) is 66.6 cm³/mol. The first-order valence-corrected chi connectivity index (χ1v) is 5.70. The Bertz CT molecular complexity index is 337. The fraction of sp³-hybridized carbons (Fsp3) is 0.417. The van der Waals surface area contributed by atoms with Gasteiger partial charge >= 0.3 is 0 Å². The van der Waals surface area contributed by atoms with Crippen LogP contribution in [0.1, 0.15) is 24.9 Å². The average molecular weight is 241 g/mol. The monoisotopic (exact) mass is 240 g/mol. The summed E-state index contributed by atoms with van der Waals surface area (Å²) < 4.78 is 0. The summed E-state index contributed by atoms with van der Waals surface area (Å²) in [7, 11) is 1.64. The minimum absolute atomic E-state index is 0.0517. The highest BCUT2D eigenvalue weighted by atomic mass is 35.5. The first-order chi connectivity index (χ1) is 7.63. The zero-order chi connectivity index (χ0) is 12.0. The molecule has 1 aromatic carbocycles. The predicted octanol–water partition coefficient (Wildman–Crippen LogP) is 2.13. The summed E-state index contributed by atoms with van der Waals surface area (Å²) in [5.41, 5.74) is 1.17. The van der Waals surface area contributed by atoms with E-state index in [9.17, 15) is 4.79 Å². The van der Waals surface area contributed by atoms with Crippen LogP contribution in [0.15, 0.2) is 24.3 Å². The Morgan fingerprint density at radius 3 is 2.56 bits per heavy atom. The Morgan fingerprint density at radius 1 is 1.38 bits per heavy atom. The summed E-state index contributed by atoms with van der Waals surface area (Å²) >= 11 is 5.81. The molecule has 1 rings (SSSR count). The summed E-state index contributed by atoms with van der Waals surface area (Å²) in [5.74, 6) is 0.0517. The molecular weight excluding hydrogens is 224 g/mol. The van der Waals surface area contributed by atoms with Gasteiger partial charge in [-0.1, -0.05) is 23.7 Å². The molecule has 0 aliphatic carbocycles. The van der Waals surface area contributed by atoms with Gasteiger partial charge in [0.1, 0.15) is 0 Å². The Labute approximate surface area is 101 Å². The quantitative estimate of drug-likeness (QED) is 0.828. The lowest BCUT2D eigenvalue weighted by Crippen LogP contribution is -2.26. The molecule has 0 bridgehead atoms. The number of hydrogen-bond donors (Lipinski definition) is 2. The van der Waals surface area contributed by atoms with Crippen LogP contribution in [-0.4, -0.2) is 19.5 Å². The molecule has 0 radical (unpaired) electrons. The number of benzene rings is 1. The van der Waals surface area contributed by atoms with Gasteiger partial charge in [-0.15, -0.1) is 0 Å². The summed E-state index contributed by atoms with van der Waals surface area (Å²) in [6.07, 6.45) is 0.494. The van der Waals surface area contributed by atoms with E-state index >= 15 is 0 Å². The van der Waals surface area contributed by atoms with Crippen molar-refractivity contribution >= 4 is 17.5 Å². The molecular formula is C12H17ClN2O. The van der Waals surface area contributed by atoms with Gasteiger partial charge in [-0.2, -0.15) is 0 Å². The maximum absolute atomic E-state index is 11.0. The van der Waals surface area contributed by atoms with Gasteiger partial charge in [0, 0.05) is 31.1 Å². The standard InChI is InChI=1S/C12H17ClN2O/c1-9(15-8-7-12(16)14-2)10-3-5-11(13)6-4-10/h3-6,9,15H,7-8H2,1-2H3,(H,14,16)/t9-/m1/s1. The van der Waals surface area contributed by atoms with Gasteiger partial charge in [-0.25, -0.2) is 0 Å². The van der Waals surface area contributed by atoms with E-state index in [1.165, 1.54) is 5.56 Å². The summed E-state index contributed by atoms with van der Waals surface area (Å²) in [5, 5.41) is 6.61. The van der Waals surface area contributed by atoms with Crippen LogP contribution < -0.4 is 10.6 Å². The lowest BCUT2D eigenvalue weighted by atomic mass is 10.1. The van der Waals surface area contributed by atoms with Crippen LogP contribution in [0.3, 0.4) is 0 Å². The molecule has 0 heterocycles. The van der Waals surface area contributed by atoms with Crippen LogP contribution in [0.4, 0.5) is 0 Å². The van der Waals surface area contributed by atoms with Gasteiger partial charge < -0.3 is 10.6 Å². The van der Waals surface area contributed by atoms with Crippen molar-refractivity contribution in [3.8, 4) is 0 Å². The molecule has 0 aromatic heterocycles. The van der Waals surface area contributed by atoms with Crippen molar-refractivity contribution in [2.24, 2.45) is 0 Å². The van der Waals surface area contributed by atoms with Crippen molar-refractivity contribution in [3.05, 3.63) is 34.9 Å². The minimum atomic E-state index is 0.0517. The highest BCUT2D eigenvalue weighted by Crippen LogP contribution is 2.15. The van der Waals surface area contributed by atoms with Crippen molar-refractivity contribution in [2.45, 2.75) is 19.4 Å². The van der Waals surface area contributed by atoms with E-state index in [0.717, 1.165) is 5.02 Å². The molecule has 0 saturated carbocycles. The number of carbonyl (C=O) groups is 1. The Balaban J connectivity index is 2.37. The number of rotatable bonds is 5. The normalized spacial score (nSPS) is 12.2. The SMILES string of the molecule is CNC(=O)CCN[C@H](C)c1ccc(Cl)cc1. The minimum Gasteiger partial charge on any atom is -0.359 e. The second-order valence-corrected chi connectivity index (χ2v) is 4.09. The number of nitrogens with one attached hydrogen (secondary N) is 2. The first kappa shape index (κ1) is 13.0. The second kappa shape index (κ2) is 6.51.